The highest BCUT2D eigenvalue weighted by Gasteiger charge is 2.30. The second kappa shape index (κ2) is 78.3. The molecule has 0 bridgehead atoms. The number of phosphoric acid groups is 2. The molecule has 0 aliphatic rings. The first-order chi connectivity index (χ1) is 51.7. The highest BCUT2D eigenvalue weighted by molar-refractivity contribution is 7.47. The van der Waals surface area contributed by atoms with Crippen molar-refractivity contribution < 1.29 is 80.2 Å². The van der Waals surface area contributed by atoms with E-state index in [1.165, 1.54) is 83.5 Å². The molecule has 0 aromatic rings. The number of hydrogen-bond donors (Lipinski definition) is 3. The minimum atomic E-state index is -5.01. The molecule has 17 nitrogen and oxygen atoms in total. The van der Waals surface area contributed by atoms with Gasteiger partial charge in [-0.15, -0.1) is 0 Å². The maximum absolute atomic E-state index is 13.1. The summed E-state index contributed by atoms with van der Waals surface area (Å²) in [6, 6.07) is 0. The average molecular weight is 1530 g/mol. The molecular weight excluding hydrogens is 1380 g/mol. The van der Waals surface area contributed by atoms with Crippen molar-refractivity contribution in [1.82, 2.24) is 0 Å². The van der Waals surface area contributed by atoms with Gasteiger partial charge in [0, 0.05) is 19.3 Å². The molecular formula is C87H148O17P2. The molecule has 0 aliphatic carbocycles. The molecule has 106 heavy (non-hydrogen) atoms. The van der Waals surface area contributed by atoms with Crippen LogP contribution >= 0.6 is 15.6 Å². The predicted octanol–water partition coefficient (Wildman–Crippen LogP) is 24.4. The Kier molecular flexibility index (Phi) is 74.8. The number of rotatable bonds is 77. The van der Waals surface area contributed by atoms with Gasteiger partial charge in [0.05, 0.1) is 32.8 Å². The van der Waals surface area contributed by atoms with Crippen LogP contribution in [0.5, 0.6) is 0 Å². The van der Waals surface area contributed by atoms with Crippen molar-refractivity contribution in [2.75, 3.05) is 39.6 Å². The number of allylic oxidation sites excluding steroid dienone is 21. The van der Waals surface area contributed by atoms with Gasteiger partial charge in [-0.3, -0.25) is 37.3 Å². The largest absolute Gasteiger partial charge is 0.472 e. The maximum Gasteiger partial charge on any atom is 0.472 e. The van der Waals surface area contributed by atoms with Gasteiger partial charge < -0.3 is 33.8 Å². The Morgan fingerprint density at radius 2 is 0.528 bits per heavy atom. The van der Waals surface area contributed by atoms with Crippen LogP contribution in [0.1, 0.15) is 336 Å². The minimum absolute atomic E-state index is 0.0912. The summed E-state index contributed by atoms with van der Waals surface area (Å²) in [4.78, 5) is 73.1. The SMILES string of the molecule is CC/C=C\C/C=C\C/C=C\C/C=C\C/C=C\CC(=O)OC(COC(=O)CCCCCCCC/C=C\C/C=C\C/C=C\CCCCC)COP(=O)(O)OCC(O)COP(=O)(O)OCC(COC(=O)CCCCCCCCC/C=C\C/C=C\C/C=C\CC)OC(=O)CCCCCCCCCCCCCCCCC. The molecule has 3 N–H and O–H groups in total. The fraction of sp³-hybridized carbons (Fsp3) is 0.701. The topological polar surface area (TPSA) is 237 Å². The first-order valence-corrected chi connectivity index (χ1v) is 44.4. The fourth-order valence-electron chi connectivity index (χ4n) is 10.9. The molecule has 0 aromatic carbocycles. The summed E-state index contributed by atoms with van der Waals surface area (Å²) in [6.45, 7) is 4.52. The molecule has 5 unspecified atom stereocenters. The average Bonchev–Trinajstić information content (AvgIpc) is 0.902. The number of aliphatic hydroxyl groups is 1. The number of phosphoric ester groups is 2. The molecule has 0 amide bonds. The Bertz CT molecular complexity index is 2530. The predicted molar refractivity (Wildman–Crippen MR) is 436 cm³/mol. The molecule has 0 saturated carbocycles. The van der Waals surface area contributed by atoms with E-state index in [1.807, 2.05) is 12.2 Å². The highest BCUT2D eigenvalue weighted by Crippen LogP contribution is 2.45. The summed E-state index contributed by atoms with van der Waals surface area (Å²) >= 11 is 0. The molecule has 19 heteroatoms. The zero-order valence-corrected chi connectivity index (χ0v) is 68.4. The van der Waals surface area contributed by atoms with E-state index >= 15 is 0 Å². The molecule has 0 spiro atoms. The van der Waals surface area contributed by atoms with E-state index in [0.717, 1.165) is 173 Å². The second-order valence-corrected chi connectivity index (χ2v) is 30.2. The van der Waals surface area contributed by atoms with Crippen molar-refractivity contribution in [3.05, 3.63) is 134 Å². The third-order valence-electron chi connectivity index (χ3n) is 17.1. The number of esters is 4. The van der Waals surface area contributed by atoms with Crippen LogP contribution < -0.4 is 0 Å². The van der Waals surface area contributed by atoms with Crippen LogP contribution in [0, 0.1) is 0 Å². The summed E-state index contributed by atoms with van der Waals surface area (Å²) in [6.07, 6.45) is 88.8. The number of hydrogen-bond acceptors (Lipinski definition) is 15. The Morgan fingerprint density at radius 1 is 0.283 bits per heavy atom. The van der Waals surface area contributed by atoms with Crippen LogP contribution in [-0.4, -0.2) is 96.7 Å². The van der Waals surface area contributed by atoms with Crippen LogP contribution in [0.2, 0.25) is 0 Å². The number of carbonyl (C=O) groups is 4. The van der Waals surface area contributed by atoms with Crippen LogP contribution in [0.25, 0.3) is 0 Å². The number of aliphatic hydroxyl groups excluding tert-OH is 1. The molecule has 0 aromatic heterocycles. The molecule has 608 valence electrons. The number of carbonyl (C=O) groups excluding carboxylic acids is 4. The Balaban J connectivity index is 5.43. The van der Waals surface area contributed by atoms with Crippen molar-refractivity contribution in [2.24, 2.45) is 0 Å². The molecule has 0 radical (unpaired) electrons. The summed E-state index contributed by atoms with van der Waals surface area (Å²) in [5.74, 6) is -2.34. The van der Waals surface area contributed by atoms with Crippen LogP contribution in [0.4, 0.5) is 0 Å². The number of ether oxygens (including phenoxy) is 4. The quantitative estimate of drug-likeness (QED) is 0.0169. The Morgan fingerprint density at radius 3 is 0.858 bits per heavy atom. The Labute approximate surface area is 644 Å². The molecule has 0 aliphatic heterocycles. The lowest BCUT2D eigenvalue weighted by Crippen LogP contribution is -2.30. The molecule has 0 rings (SSSR count). The van der Waals surface area contributed by atoms with Gasteiger partial charge >= 0.3 is 39.5 Å². The lowest BCUT2D eigenvalue weighted by Gasteiger charge is -2.21. The van der Waals surface area contributed by atoms with E-state index in [0.29, 0.717) is 25.7 Å². The van der Waals surface area contributed by atoms with Gasteiger partial charge in [-0.2, -0.15) is 0 Å². The molecule has 5 atom stereocenters. The second-order valence-electron chi connectivity index (χ2n) is 27.3. The van der Waals surface area contributed by atoms with Crippen molar-refractivity contribution in [3.8, 4) is 0 Å². The van der Waals surface area contributed by atoms with Crippen LogP contribution in [0.3, 0.4) is 0 Å². The number of unbranched alkanes of at least 4 members (excludes halogenated alkanes) is 30. The molecule has 0 saturated heterocycles. The van der Waals surface area contributed by atoms with Crippen LogP contribution in [0.15, 0.2) is 134 Å². The summed E-state index contributed by atoms with van der Waals surface area (Å²) < 4.78 is 68.6. The zero-order valence-electron chi connectivity index (χ0n) is 66.6. The minimum Gasteiger partial charge on any atom is -0.462 e. The maximum atomic E-state index is 13.1. The van der Waals surface area contributed by atoms with Crippen molar-refractivity contribution in [2.45, 2.75) is 354 Å². The van der Waals surface area contributed by atoms with Gasteiger partial charge in [0.25, 0.3) is 0 Å². The van der Waals surface area contributed by atoms with Crippen molar-refractivity contribution in [1.29, 1.82) is 0 Å². The van der Waals surface area contributed by atoms with Gasteiger partial charge in [0.15, 0.2) is 12.2 Å². The summed E-state index contributed by atoms with van der Waals surface area (Å²) in [5.41, 5.74) is 0. The normalized spacial score (nSPS) is 14.5. The van der Waals surface area contributed by atoms with Crippen LogP contribution in [-0.2, 0) is 65.4 Å². The first-order valence-electron chi connectivity index (χ1n) is 41.4. The van der Waals surface area contributed by atoms with Crippen molar-refractivity contribution in [3.63, 3.8) is 0 Å². The van der Waals surface area contributed by atoms with Gasteiger partial charge in [-0.1, -0.05) is 322 Å². The third kappa shape index (κ3) is 77.4. The van der Waals surface area contributed by atoms with E-state index < -0.39 is 97.5 Å². The van der Waals surface area contributed by atoms with E-state index in [9.17, 15) is 43.2 Å². The van der Waals surface area contributed by atoms with Gasteiger partial charge in [0.2, 0.25) is 0 Å². The summed E-state index contributed by atoms with van der Waals surface area (Å²) in [7, 11) is -10.00. The lowest BCUT2D eigenvalue weighted by molar-refractivity contribution is -0.161. The third-order valence-corrected chi connectivity index (χ3v) is 19.0. The Hall–Kier alpha value is -4.80. The van der Waals surface area contributed by atoms with E-state index in [4.69, 9.17) is 37.0 Å². The fourth-order valence-corrected chi connectivity index (χ4v) is 12.5. The van der Waals surface area contributed by atoms with Crippen molar-refractivity contribution >= 4 is 39.5 Å². The zero-order chi connectivity index (χ0) is 77.4. The molecule has 0 heterocycles. The van der Waals surface area contributed by atoms with Gasteiger partial charge in [-0.25, -0.2) is 9.13 Å². The monoisotopic (exact) mass is 1530 g/mol. The first kappa shape index (κ1) is 101. The highest BCUT2D eigenvalue weighted by atomic mass is 31.2. The smallest absolute Gasteiger partial charge is 0.462 e. The van der Waals surface area contributed by atoms with E-state index in [2.05, 4.69) is 137 Å². The standard InChI is InChI=1S/C87H148O17P2/c1-5-9-13-17-21-25-29-33-37-39-40-42-46-48-52-56-60-64-68-72-85(90)98-78-83(104-87(92)74-70-66-62-58-54-50-44-36-32-28-24-20-16-12-8-4)80-102-106(95,96)100-76-81(88)75-99-105(93,94)101-79-82(103-86(91)73-69-65-61-57-53-49-43-35-31-27-23-19-15-11-7-3)77-97-84(89)71-67-63-59-55-51-47-45-41-38-34-30-26-22-18-14-10-6-2/h10,12,14,16,21-22,24-26,28,33-34,36-38,40,42,44,54,58,66,70,81-83,88H,5-9,11,13,15,17-20,23,27,29-32,35,39,41,43,45-53,55-57,59-65,67-69,71-80H2,1-4H3,(H,93,94)(H,95,96)/b14-10-,16-12-,25-21-,26-22-,28-24-,37-33-,38-34-,42-40-,44-36-,58-54-,70-66-. The molecule has 0 fully saturated rings. The van der Waals surface area contributed by atoms with Gasteiger partial charge in [0.1, 0.15) is 19.3 Å². The van der Waals surface area contributed by atoms with Gasteiger partial charge in [-0.05, 0) is 122 Å². The lowest BCUT2D eigenvalue weighted by atomic mass is 10.0. The summed E-state index contributed by atoms with van der Waals surface area (Å²) in [5, 5.41) is 10.7. The van der Waals surface area contributed by atoms with E-state index in [1.54, 1.807) is 12.2 Å². The van der Waals surface area contributed by atoms with E-state index in [-0.39, 0.29) is 25.7 Å².